The van der Waals surface area contributed by atoms with Crippen LogP contribution in [-0.4, -0.2) is 13.1 Å². The Kier molecular flexibility index (Phi) is 3.67. The van der Waals surface area contributed by atoms with E-state index in [0.29, 0.717) is 5.41 Å². The molecule has 0 aromatic heterocycles. The summed E-state index contributed by atoms with van der Waals surface area (Å²) in [4.78, 5) is 0. The SMILES string of the molecule is CCNCC1(Cc2ccc(I)cc2)CC1. The fraction of sp³-hybridized carbons (Fsp3) is 0.538. The molecule has 2 heteroatoms. The van der Waals surface area contributed by atoms with Crippen LogP contribution in [0.15, 0.2) is 24.3 Å². The second kappa shape index (κ2) is 4.83. The van der Waals surface area contributed by atoms with E-state index in [1.54, 1.807) is 0 Å². The number of nitrogens with one attached hydrogen (secondary N) is 1. The second-order valence-electron chi connectivity index (χ2n) is 4.58. The Balaban J connectivity index is 1.93. The summed E-state index contributed by atoms with van der Waals surface area (Å²) in [7, 11) is 0. The average molecular weight is 315 g/mol. The maximum absolute atomic E-state index is 3.48. The lowest BCUT2D eigenvalue weighted by Gasteiger charge is -2.15. The highest BCUT2D eigenvalue weighted by molar-refractivity contribution is 14.1. The first kappa shape index (κ1) is 11.4. The molecule has 1 aliphatic rings. The van der Waals surface area contributed by atoms with Crippen LogP contribution in [0.1, 0.15) is 25.3 Å². The molecule has 1 aromatic carbocycles. The van der Waals surface area contributed by atoms with Crippen LogP contribution in [0.4, 0.5) is 0 Å². The summed E-state index contributed by atoms with van der Waals surface area (Å²) >= 11 is 2.36. The number of benzene rings is 1. The third-order valence-electron chi connectivity index (χ3n) is 3.20. The Morgan fingerprint density at radius 2 is 1.93 bits per heavy atom. The molecule has 1 fully saturated rings. The largest absolute Gasteiger partial charge is 0.316 e. The van der Waals surface area contributed by atoms with Crippen molar-refractivity contribution in [1.82, 2.24) is 5.32 Å². The normalized spacial score (nSPS) is 17.7. The molecule has 0 unspecified atom stereocenters. The minimum absolute atomic E-state index is 0.586. The zero-order valence-corrected chi connectivity index (χ0v) is 11.4. The van der Waals surface area contributed by atoms with E-state index >= 15 is 0 Å². The molecular formula is C13H18IN. The first-order valence-electron chi connectivity index (χ1n) is 5.69. The van der Waals surface area contributed by atoms with Crippen LogP contribution >= 0.6 is 22.6 Å². The minimum Gasteiger partial charge on any atom is -0.316 e. The maximum Gasteiger partial charge on any atom is 0.0130 e. The van der Waals surface area contributed by atoms with Crippen LogP contribution in [0.5, 0.6) is 0 Å². The highest BCUT2D eigenvalue weighted by Gasteiger charge is 2.41. The summed E-state index contributed by atoms with van der Waals surface area (Å²) in [6.45, 7) is 4.46. The van der Waals surface area contributed by atoms with Crippen molar-refractivity contribution in [1.29, 1.82) is 0 Å². The quantitative estimate of drug-likeness (QED) is 0.823. The van der Waals surface area contributed by atoms with Gasteiger partial charge < -0.3 is 5.32 Å². The molecule has 0 radical (unpaired) electrons. The van der Waals surface area contributed by atoms with Gasteiger partial charge in [0, 0.05) is 10.1 Å². The molecule has 0 aliphatic heterocycles. The van der Waals surface area contributed by atoms with Gasteiger partial charge in [0.15, 0.2) is 0 Å². The van der Waals surface area contributed by atoms with Crippen molar-refractivity contribution in [2.24, 2.45) is 5.41 Å². The van der Waals surface area contributed by atoms with E-state index in [1.165, 1.54) is 34.9 Å². The van der Waals surface area contributed by atoms with Crippen LogP contribution < -0.4 is 5.32 Å². The van der Waals surface area contributed by atoms with Crippen molar-refractivity contribution in [2.75, 3.05) is 13.1 Å². The summed E-state index contributed by atoms with van der Waals surface area (Å²) in [5.74, 6) is 0. The molecule has 1 aromatic rings. The molecule has 82 valence electrons. The molecule has 0 amide bonds. The lowest BCUT2D eigenvalue weighted by Crippen LogP contribution is -2.25. The van der Waals surface area contributed by atoms with Gasteiger partial charge in [-0.3, -0.25) is 0 Å². The molecule has 0 spiro atoms. The van der Waals surface area contributed by atoms with Gasteiger partial charge in [0.1, 0.15) is 0 Å². The van der Waals surface area contributed by atoms with Crippen LogP contribution in [0.3, 0.4) is 0 Å². The molecule has 1 aliphatic carbocycles. The fourth-order valence-electron chi connectivity index (χ4n) is 2.02. The molecule has 15 heavy (non-hydrogen) atoms. The number of hydrogen-bond acceptors (Lipinski definition) is 1. The molecular weight excluding hydrogens is 297 g/mol. The van der Waals surface area contributed by atoms with Gasteiger partial charge in [-0.1, -0.05) is 19.1 Å². The van der Waals surface area contributed by atoms with Gasteiger partial charge in [-0.25, -0.2) is 0 Å². The first-order valence-corrected chi connectivity index (χ1v) is 6.77. The Bertz CT molecular complexity index is 314. The van der Waals surface area contributed by atoms with E-state index in [-0.39, 0.29) is 0 Å². The van der Waals surface area contributed by atoms with E-state index in [9.17, 15) is 0 Å². The molecule has 1 saturated carbocycles. The summed E-state index contributed by atoms with van der Waals surface area (Å²) in [6.07, 6.45) is 4.04. The molecule has 1 nitrogen and oxygen atoms in total. The van der Waals surface area contributed by atoms with Gasteiger partial charge in [0.05, 0.1) is 0 Å². The van der Waals surface area contributed by atoms with Crippen LogP contribution in [0, 0.1) is 8.99 Å². The predicted molar refractivity (Wildman–Crippen MR) is 73.1 cm³/mol. The molecule has 2 rings (SSSR count). The molecule has 0 heterocycles. The van der Waals surface area contributed by atoms with Gasteiger partial charge >= 0.3 is 0 Å². The molecule has 1 N–H and O–H groups in total. The van der Waals surface area contributed by atoms with Crippen molar-refractivity contribution >= 4 is 22.6 Å². The fourth-order valence-corrected chi connectivity index (χ4v) is 2.38. The lowest BCUT2D eigenvalue weighted by atomic mass is 9.96. The third-order valence-corrected chi connectivity index (χ3v) is 3.92. The number of hydrogen-bond donors (Lipinski definition) is 1. The standard InChI is InChI=1S/C13H18IN/c1-2-15-10-13(7-8-13)9-11-3-5-12(14)6-4-11/h3-6,15H,2,7-10H2,1H3. The van der Waals surface area contributed by atoms with Gasteiger partial charge in [0.2, 0.25) is 0 Å². The Morgan fingerprint density at radius 3 is 2.47 bits per heavy atom. The minimum atomic E-state index is 0.586. The van der Waals surface area contributed by atoms with Crippen molar-refractivity contribution in [3.8, 4) is 0 Å². The second-order valence-corrected chi connectivity index (χ2v) is 5.83. The van der Waals surface area contributed by atoms with E-state index in [4.69, 9.17) is 0 Å². The van der Waals surface area contributed by atoms with Gasteiger partial charge in [-0.2, -0.15) is 0 Å². The summed E-state index contributed by atoms with van der Waals surface area (Å²) in [5.41, 5.74) is 2.08. The average Bonchev–Trinajstić information content (AvgIpc) is 3.00. The smallest absolute Gasteiger partial charge is 0.0130 e. The lowest BCUT2D eigenvalue weighted by molar-refractivity contribution is 0.463. The topological polar surface area (TPSA) is 12.0 Å². The Hall–Kier alpha value is -0.0900. The Morgan fingerprint density at radius 1 is 1.27 bits per heavy atom. The molecule has 0 bridgehead atoms. The maximum atomic E-state index is 3.48. The first-order chi connectivity index (χ1) is 7.24. The number of halogens is 1. The molecule has 0 saturated heterocycles. The van der Waals surface area contributed by atoms with E-state index < -0.39 is 0 Å². The van der Waals surface area contributed by atoms with E-state index in [0.717, 1.165) is 6.54 Å². The zero-order valence-electron chi connectivity index (χ0n) is 9.22. The van der Waals surface area contributed by atoms with Crippen LogP contribution in [0.2, 0.25) is 0 Å². The van der Waals surface area contributed by atoms with Gasteiger partial charge in [-0.05, 0) is 71.5 Å². The van der Waals surface area contributed by atoms with Gasteiger partial charge in [-0.15, -0.1) is 0 Å². The van der Waals surface area contributed by atoms with E-state index in [2.05, 4.69) is 59.1 Å². The molecule has 0 atom stereocenters. The van der Waals surface area contributed by atoms with Crippen LogP contribution in [-0.2, 0) is 6.42 Å². The summed E-state index contributed by atoms with van der Waals surface area (Å²) in [6, 6.07) is 8.96. The number of rotatable bonds is 5. The Labute approximate surface area is 106 Å². The van der Waals surface area contributed by atoms with Crippen molar-refractivity contribution < 1.29 is 0 Å². The van der Waals surface area contributed by atoms with Crippen molar-refractivity contribution in [2.45, 2.75) is 26.2 Å². The van der Waals surface area contributed by atoms with E-state index in [1.807, 2.05) is 0 Å². The van der Waals surface area contributed by atoms with Gasteiger partial charge in [0.25, 0.3) is 0 Å². The van der Waals surface area contributed by atoms with Crippen LogP contribution in [0.25, 0.3) is 0 Å². The summed E-state index contributed by atoms with van der Waals surface area (Å²) < 4.78 is 1.33. The monoisotopic (exact) mass is 315 g/mol. The predicted octanol–water partition coefficient (Wildman–Crippen LogP) is 3.22. The third kappa shape index (κ3) is 3.18. The highest BCUT2D eigenvalue weighted by atomic mass is 127. The highest BCUT2D eigenvalue weighted by Crippen LogP contribution is 2.47. The van der Waals surface area contributed by atoms with Crippen molar-refractivity contribution in [3.05, 3.63) is 33.4 Å². The summed E-state index contributed by atoms with van der Waals surface area (Å²) in [5, 5.41) is 3.48. The van der Waals surface area contributed by atoms with Crippen molar-refractivity contribution in [3.63, 3.8) is 0 Å². The zero-order chi connectivity index (χ0) is 10.7.